The minimum Gasteiger partial charge on any atom is -0.497 e. The van der Waals surface area contributed by atoms with Crippen molar-refractivity contribution in [3.63, 3.8) is 0 Å². The van der Waals surface area contributed by atoms with Crippen molar-refractivity contribution in [1.82, 2.24) is 5.32 Å². The Hall–Kier alpha value is -0.790. The maximum Gasteiger partial charge on any atom is 0.152 e. The first-order chi connectivity index (χ1) is 9.48. The van der Waals surface area contributed by atoms with Gasteiger partial charge in [-0.15, -0.1) is 0 Å². The number of rotatable bonds is 4. The molecule has 1 aromatic rings. The van der Waals surface area contributed by atoms with Crippen LogP contribution in [0.25, 0.3) is 0 Å². The third kappa shape index (κ3) is 4.64. The van der Waals surface area contributed by atoms with Crippen LogP contribution in [0.4, 0.5) is 0 Å². The van der Waals surface area contributed by atoms with Crippen LogP contribution < -0.4 is 10.1 Å². The quantitative estimate of drug-likeness (QED) is 0.852. The van der Waals surface area contributed by atoms with Gasteiger partial charge in [-0.1, -0.05) is 36.1 Å². The van der Waals surface area contributed by atoms with Gasteiger partial charge in [0.05, 0.1) is 18.6 Å². The molecule has 1 fully saturated rings. The maximum atomic E-state index is 11.4. The van der Waals surface area contributed by atoms with Crippen LogP contribution in [0.15, 0.2) is 24.3 Å². The summed E-state index contributed by atoms with van der Waals surface area (Å²) in [4.78, 5) is 0. The van der Waals surface area contributed by atoms with Crippen LogP contribution in [0.5, 0.6) is 5.75 Å². The van der Waals surface area contributed by atoms with Crippen molar-refractivity contribution in [3.8, 4) is 5.75 Å². The number of methoxy groups -OCH3 is 1. The predicted molar refractivity (Wildman–Crippen MR) is 87.1 cm³/mol. The lowest BCUT2D eigenvalue weighted by Crippen LogP contribution is -2.32. The van der Waals surface area contributed by atoms with Crippen LogP contribution in [0, 0.1) is 0 Å². The molecular formula is C13H17NO3S3. The summed E-state index contributed by atoms with van der Waals surface area (Å²) < 4.78 is 28.5. The van der Waals surface area contributed by atoms with Crippen LogP contribution in [0.2, 0.25) is 0 Å². The van der Waals surface area contributed by atoms with Crippen LogP contribution >= 0.6 is 24.0 Å². The monoisotopic (exact) mass is 331 g/mol. The molecule has 7 heteroatoms. The zero-order valence-corrected chi connectivity index (χ0v) is 13.6. The van der Waals surface area contributed by atoms with Crippen molar-refractivity contribution < 1.29 is 13.2 Å². The van der Waals surface area contributed by atoms with E-state index >= 15 is 0 Å². The van der Waals surface area contributed by atoms with Crippen molar-refractivity contribution in [3.05, 3.63) is 29.8 Å². The second kappa shape index (κ2) is 6.78. The zero-order valence-electron chi connectivity index (χ0n) is 11.2. The fourth-order valence-corrected chi connectivity index (χ4v) is 4.74. The summed E-state index contributed by atoms with van der Waals surface area (Å²) in [5.74, 6) is 2.04. The Labute approximate surface area is 129 Å². The molecule has 0 aliphatic carbocycles. The topological polar surface area (TPSA) is 55.4 Å². The molecule has 1 atom stereocenters. The maximum absolute atomic E-state index is 11.4. The normalized spacial score (nSPS) is 20.6. The first-order valence-electron chi connectivity index (χ1n) is 6.25. The highest BCUT2D eigenvalue weighted by molar-refractivity contribution is 8.22. The largest absolute Gasteiger partial charge is 0.497 e. The summed E-state index contributed by atoms with van der Waals surface area (Å²) in [6.45, 7) is 0. The Morgan fingerprint density at radius 3 is 2.70 bits per heavy atom. The number of sulfone groups is 1. The van der Waals surface area contributed by atoms with Gasteiger partial charge in [0.1, 0.15) is 10.1 Å². The molecule has 1 aromatic carbocycles. The van der Waals surface area contributed by atoms with Gasteiger partial charge in [-0.25, -0.2) is 8.42 Å². The van der Waals surface area contributed by atoms with E-state index in [1.165, 1.54) is 11.8 Å². The molecule has 1 heterocycles. The number of ether oxygens (including phenoxy) is 1. The number of thioether (sulfide) groups is 1. The molecule has 0 radical (unpaired) electrons. The van der Waals surface area contributed by atoms with Crippen molar-refractivity contribution in [2.24, 2.45) is 0 Å². The molecule has 0 bridgehead atoms. The Morgan fingerprint density at radius 1 is 1.45 bits per heavy atom. The minimum atomic E-state index is -2.86. The minimum absolute atomic E-state index is 0.0316. The smallest absolute Gasteiger partial charge is 0.152 e. The van der Waals surface area contributed by atoms with Gasteiger partial charge >= 0.3 is 0 Å². The Balaban J connectivity index is 1.77. The lowest BCUT2D eigenvalue weighted by atomic mass is 10.2. The molecule has 0 saturated carbocycles. The second-order valence-electron chi connectivity index (χ2n) is 4.67. The van der Waals surface area contributed by atoms with Crippen molar-refractivity contribution in [2.75, 3.05) is 18.6 Å². The SMILES string of the molecule is COc1ccc(CSC(=S)N[C@H]2CCS(=O)(=O)C2)cc1. The van der Waals surface area contributed by atoms with E-state index in [-0.39, 0.29) is 17.5 Å². The van der Waals surface area contributed by atoms with E-state index in [4.69, 9.17) is 17.0 Å². The second-order valence-corrected chi connectivity index (χ2v) is 8.55. The fraction of sp³-hybridized carbons (Fsp3) is 0.462. The summed E-state index contributed by atoms with van der Waals surface area (Å²) in [6.07, 6.45) is 0.644. The van der Waals surface area contributed by atoms with Crippen LogP contribution in [0.1, 0.15) is 12.0 Å². The van der Waals surface area contributed by atoms with Gasteiger partial charge in [0.15, 0.2) is 9.84 Å². The van der Waals surface area contributed by atoms with Gasteiger partial charge in [0.2, 0.25) is 0 Å². The van der Waals surface area contributed by atoms with E-state index in [1.807, 2.05) is 24.3 Å². The van der Waals surface area contributed by atoms with Gasteiger partial charge in [-0.2, -0.15) is 0 Å². The summed E-state index contributed by atoms with van der Waals surface area (Å²) in [6, 6.07) is 7.78. The summed E-state index contributed by atoms with van der Waals surface area (Å²) in [7, 11) is -1.22. The molecule has 0 unspecified atom stereocenters. The Kier molecular flexibility index (Phi) is 5.29. The highest BCUT2D eigenvalue weighted by Crippen LogP contribution is 2.18. The number of nitrogens with one attached hydrogen (secondary N) is 1. The Bertz CT molecular complexity index is 569. The first-order valence-corrected chi connectivity index (χ1v) is 9.47. The van der Waals surface area contributed by atoms with E-state index < -0.39 is 9.84 Å². The van der Waals surface area contributed by atoms with Gasteiger partial charge < -0.3 is 10.1 Å². The lowest BCUT2D eigenvalue weighted by Gasteiger charge is -2.12. The first kappa shape index (κ1) is 15.6. The zero-order chi connectivity index (χ0) is 14.6. The molecule has 0 spiro atoms. The molecule has 1 N–H and O–H groups in total. The molecular weight excluding hydrogens is 314 g/mol. The van der Waals surface area contributed by atoms with Gasteiger partial charge in [0, 0.05) is 11.8 Å². The van der Waals surface area contributed by atoms with E-state index in [0.717, 1.165) is 17.1 Å². The molecule has 110 valence electrons. The molecule has 1 aliphatic heterocycles. The van der Waals surface area contributed by atoms with E-state index in [1.54, 1.807) is 7.11 Å². The molecule has 1 saturated heterocycles. The number of hydrogen-bond donors (Lipinski definition) is 1. The van der Waals surface area contributed by atoms with E-state index in [9.17, 15) is 8.42 Å². The number of thiocarbonyl (C=S) groups is 1. The van der Waals surface area contributed by atoms with E-state index in [0.29, 0.717) is 10.7 Å². The third-order valence-corrected chi connectivity index (χ3v) is 6.18. The summed E-state index contributed by atoms with van der Waals surface area (Å²) in [5, 5.41) is 3.12. The van der Waals surface area contributed by atoms with Crippen molar-refractivity contribution >= 4 is 38.1 Å². The molecule has 4 nitrogen and oxygen atoms in total. The summed E-state index contributed by atoms with van der Waals surface area (Å²) >= 11 is 6.76. The molecule has 2 rings (SSSR count). The Morgan fingerprint density at radius 2 is 2.15 bits per heavy atom. The molecule has 20 heavy (non-hydrogen) atoms. The van der Waals surface area contributed by atoms with E-state index in [2.05, 4.69) is 5.32 Å². The molecule has 0 amide bonds. The number of benzene rings is 1. The number of hydrogen-bond acceptors (Lipinski definition) is 5. The predicted octanol–water partition coefficient (Wildman–Crippen LogP) is 1.99. The highest BCUT2D eigenvalue weighted by atomic mass is 32.2. The lowest BCUT2D eigenvalue weighted by molar-refractivity contribution is 0.414. The van der Waals surface area contributed by atoms with Crippen LogP contribution in [-0.4, -0.2) is 37.4 Å². The van der Waals surface area contributed by atoms with Crippen molar-refractivity contribution in [1.29, 1.82) is 0 Å². The molecule has 0 aromatic heterocycles. The standard InChI is InChI=1S/C13H17NO3S3/c1-17-12-4-2-10(3-5-12)8-19-13(18)14-11-6-7-20(15,16)9-11/h2-5,11H,6-9H2,1H3,(H,14,18)/t11-/m0/s1. The highest BCUT2D eigenvalue weighted by Gasteiger charge is 2.28. The third-order valence-electron chi connectivity index (χ3n) is 3.08. The van der Waals surface area contributed by atoms with Crippen LogP contribution in [0.3, 0.4) is 0 Å². The van der Waals surface area contributed by atoms with Crippen LogP contribution in [-0.2, 0) is 15.6 Å². The fourth-order valence-electron chi connectivity index (χ4n) is 1.99. The van der Waals surface area contributed by atoms with Gasteiger partial charge in [0.25, 0.3) is 0 Å². The van der Waals surface area contributed by atoms with Gasteiger partial charge in [-0.3, -0.25) is 0 Å². The van der Waals surface area contributed by atoms with Gasteiger partial charge in [-0.05, 0) is 24.1 Å². The summed E-state index contributed by atoms with van der Waals surface area (Å²) in [5.41, 5.74) is 1.15. The van der Waals surface area contributed by atoms with Crippen molar-refractivity contribution in [2.45, 2.75) is 18.2 Å². The average molecular weight is 331 g/mol. The average Bonchev–Trinajstić information content (AvgIpc) is 2.76. The molecule has 1 aliphatic rings.